The number of hydrogen-bond donors (Lipinski definition) is 0. The van der Waals surface area contributed by atoms with E-state index in [-0.39, 0.29) is 0 Å². The normalized spacial score (nSPS) is 13.2. The summed E-state index contributed by atoms with van der Waals surface area (Å²) in [4.78, 5) is 0.787. The molecule has 0 unspecified atom stereocenters. The highest BCUT2D eigenvalue weighted by molar-refractivity contribution is 8.72. The van der Waals surface area contributed by atoms with Crippen LogP contribution in [0, 0.1) is 0 Å². The van der Waals surface area contributed by atoms with Crippen LogP contribution < -0.4 is 0 Å². The molecule has 0 saturated heterocycles. The molecule has 13 heavy (non-hydrogen) atoms. The largest absolute Gasteiger partial charge is 0.218 e. The molecule has 0 heterocycles. The topological polar surface area (TPSA) is 34.1 Å². The summed E-state index contributed by atoms with van der Waals surface area (Å²) in [5.74, 6) is 0. The fraction of sp³-hybridized carbons (Fsp3) is 0.444. The van der Waals surface area contributed by atoms with Crippen LogP contribution in [-0.2, 0) is 8.87 Å². The second-order valence-electron chi connectivity index (χ2n) is 3.77. The Morgan fingerprint density at radius 1 is 1.38 bits per heavy atom. The van der Waals surface area contributed by atoms with E-state index in [1.807, 2.05) is 12.1 Å². The van der Waals surface area contributed by atoms with Gasteiger partial charge in [0.15, 0.2) is 8.87 Å². The molecule has 0 aliphatic rings. The zero-order valence-corrected chi connectivity index (χ0v) is 9.58. The fourth-order valence-electron chi connectivity index (χ4n) is 0.664. The summed E-state index contributed by atoms with van der Waals surface area (Å²) >= 11 is 0. The van der Waals surface area contributed by atoms with Gasteiger partial charge in [0.25, 0.3) is 0 Å². The molecule has 0 N–H and O–H groups in total. The van der Waals surface area contributed by atoms with Gasteiger partial charge >= 0.3 is 0 Å². The molecule has 0 atom stereocenters. The van der Waals surface area contributed by atoms with Crippen LogP contribution in [-0.4, -0.2) is 13.2 Å². The number of rotatable bonds is 2. The molecular weight excluding hydrogens is 204 g/mol. The van der Waals surface area contributed by atoms with Crippen LogP contribution in [0.15, 0.2) is 29.2 Å². The van der Waals surface area contributed by atoms with Crippen molar-refractivity contribution in [2.75, 3.05) is 0 Å². The van der Waals surface area contributed by atoms with Crippen molar-refractivity contribution in [3.05, 3.63) is 24.3 Å². The molecule has 0 amide bonds. The Morgan fingerprint density at radius 2 is 2.00 bits per heavy atom. The molecule has 0 aromatic heterocycles. The summed E-state index contributed by atoms with van der Waals surface area (Å²) in [5.41, 5.74) is 0. The van der Waals surface area contributed by atoms with E-state index in [4.69, 9.17) is 0 Å². The van der Waals surface area contributed by atoms with Crippen LogP contribution in [0.2, 0.25) is 0 Å². The van der Waals surface area contributed by atoms with Crippen LogP contribution >= 0.6 is 10.8 Å². The molecule has 1 aromatic rings. The maximum absolute atomic E-state index is 11.7. The van der Waals surface area contributed by atoms with Gasteiger partial charge in [0, 0.05) is 0 Å². The molecule has 0 aliphatic carbocycles. The summed E-state index contributed by atoms with van der Waals surface area (Å²) in [6.45, 7) is 5.12. The highest BCUT2D eigenvalue weighted by Gasteiger charge is 2.28. The molecule has 4 heteroatoms. The maximum Gasteiger partial charge on any atom is 0.198 e. The van der Waals surface area contributed by atoms with Gasteiger partial charge in [0.2, 0.25) is 0 Å². The average Bonchev–Trinajstić information content (AvgIpc) is 2.35. The SMILES string of the molecule is CC(C)(C)S(=O)(=O)Sc1cc[cH-]c1. The van der Waals surface area contributed by atoms with Crippen LogP contribution in [0.3, 0.4) is 0 Å². The van der Waals surface area contributed by atoms with Crippen molar-refractivity contribution in [2.24, 2.45) is 0 Å². The van der Waals surface area contributed by atoms with Crippen LogP contribution in [0.25, 0.3) is 0 Å². The first-order chi connectivity index (χ1) is 5.83. The van der Waals surface area contributed by atoms with E-state index in [0.717, 1.165) is 15.7 Å². The second-order valence-corrected chi connectivity index (χ2v) is 8.36. The van der Waals surface area contributed by atoms with Gasteiger partial charge < -0.3 is 0 Å². The molecule has 2 nitrogen and oxygen atoms in total. The van der Waals surface area contributed by atoms with E-state index in [2.05, 4.69) is 0 Å². The maximum atomic E-state index is 11.7. The predicted molar refractivity (Wildman–Crippen MR) is 56.6 cm³/mol. The summed E-state index contributed by atoms with van der Waals surface area (Å²) in [6, 6.07) is 7.27. The lowest BCUT2D eigenvalue weighted by Crippen LogP contribution is -2.24. The van der Waals surface area contributed by atoms with Crippen molar-refractivity contribution in [2.45, 2.75) is 30.4 Å². The van der Waals surface area contributed by atoms with Gasteiger partial charge in [-0.15, -0.1) is 4.90 Å². The van der Waals surface area contributed by atoms with E-state index >= 15 is 0 Å². The highest BCUT2D eigenvalue weighted by Crippen LogP contribution is 2.33. The van der Waals surface area contributed by atoms with Gasteiger partial charge in [-0.3, -0.25) is 0 Å². The van der Waals surface area contributed by atoms with Gasteiger partial charge in [-0.05, 0) is 20.8 Å². The van der Waals surface area contributed by atoms with Crippen LogP contribution in [0.5, 0.6) is 0 Å². The van der Waals surface area contributed by atoms with E-state index in [9.17, 15) is 8.42 Å². The van der Waals surface area contributed by atoms with E-state index in [1.54, 1.807) is 32.9 Å². The van der Waals surface area contributed by atoms with Crippen LogP contribution in [0.4, 0.5) is 0 Å². The lowest BCUT2D eigenvalue weighted by molar-refractivity contribution is 0.577. The first-order valence-corrected chi connectivity index (χ1v) is 6.80. The summed E-state index contributed by atoms with van der Waals surface area (Å²) in [7, 11) is -2.17. The molecular formula is C9H13O2S2-. The van der Waals surface area contributed by atoms with E-state index in [0.29, 0.717) is 0 Å². The van der Waals surface area contributed by atoms with Gasteiger partial charge in [0.1, 0.15) is 0 Å². The van der Waals surface area contributed by atoms with Gasteiger partial charge in [-0.25, -0.2) is 8.42 Å². The molecule has 74 valence electrons. The van der Waals surface area contributed by atoms with Crippen LogP contribution in [0.1, 0.15) is 20.8 Å². The number of hydrogen-bond acceptors (Lipinski definition) is 3. The van der Waals surface area contributed by atoms with Crippen molar-refractivity contribution in [1.82, 2.24) is 0 Å². The van der Waals surface area contributed by atoms with E-state index < -0.39 is 13.6 Å². The average molecular weight is 217 g/mol. The molecule has 1 aromatic carbocycles. The third kappa shape index (κ3) is 2.54. The lowest BCUT2D eigenvalue weighted by atomic mass is 10.3. The highest BCUT2D eigenvalue weighted by atomic mass is 33.1. The minimum absolute atomic E-state index is 0.699. The predicted octanol–water partition coefficient (Wildman–Crippen LogP) is 2.63. The third-order valence-corrected chi connectivity index (χ3v) is 6.51. The monoisotopic (exact) mass is 217 g/mol. The Labute approximate surface area is 83.0 Å². The van der Waals surface area contributed by atoms with Crippen molar-refractivity contribution in [1.29, 1.82) is 0 Å². The van der Waals surface area contributed by atoms with Crippen molar-refractivity contribution >= 4 is 19.7 Å². The Hall–Kier alpha value is -0.350. The molecule has 0 spiro atoms. The molecule has 0 radical (unpaired) electrons. The first kappa shape index (κ1) is 10.7. The van der Waals surface area contributed by atoms with Crippen molar-refractivity contribution in [3.8, 4) is 0 Å². The molecule has 0 saturated carbocycles. The zero-order chi connectivity index (χ0) is 10.1. The quantitative estimate of drug-likeness (QED) is 0.564. The third-order valence-electron chi connectivity index (χ3n) is 1.59. The summed E-state index contributed by atoms with van der Waals surface area (Å²) in [6.07, 6.45) is 0. The standard InChI is InChI=1S/C9H13O2S2/c1-9(2,3)13(10,11)12-8-6-4-5-7-8/h4-7H,1-3H3/q-1. The molecule has 1 rings (SSSR count). The zero-order valence-electron chi connectivity index (χ0n) is 7.94. The molecule has 0 fully saturated rings. The first-order valence-electron chi connectivity index (χ1n) is 3.99. The lowest BCUT2D eigenvalue weighted by Gasteiger charge is -2.19. The minimum Gasteiger partial charge on any atom is -0.218 e. The van der Waals surface area contributed by atoms with Crippen molar-refractivity contribution < 1.29 is 8.42 Å². The van der Waals surface area contributed by atoms with Gasteiger partial charge in [-0.1, -0.05) is 10.8 Å². The Balaban J connectivity index is 2.87. The Bertz CT molecular complexity index is 355. The Kier molecular flexibility index (Phi) is 2.82. The Morgan fingerprint density at radius 3 is 2.38 bits per heavy atom. The van der Waals surface area contributed by atoms with E-state index in [1.165, 1.54) is 0 Å². The molecule has 0 aliphatic heterocycles. The van der Waals surface area contributed by atoms with Gasteiger partial charge in [0.05, 0.1) is 4.75 Å². The minimum atomic E-state index is -3.10. The second kappa shape index (κ2) is 3.42. The van der Waals surface area contributed by atoms with Gasteiger partial charge in [-0.2, -0.15) is 24.3 Å². The smallest absolute Gasteiger partial charge is 0.198 e. The van der Waals surface area contributed by atoms with Crippen molar-refractivity contribution in [3.63, 3.8) is 0 Å². The molecule has 0 bridgehead atoms. The fourth-order valence-corrected chi connectivity index (χ4v) is 3.28. The summed E-state index contributed by atoms with van der Waals surface area (Å²) in [5, 5.41) is 0. The summed E-state index contributed by atoms with van der Waals surface area (Å²) < 4.78 is 22.7.